The van der Waals surface area contributed by atoms with Gasteiger partial charge in [-0.2, -0.15) is 0 Å². The van der Waals surface area contributed by atoms with Crippen LogP contribution < -0.4 is 5.32 Å². The number of ether oxygens (including phenoxy) is 1. The molecule has 0 radical (unpaired) electrons. The standard InChI is InChI=1S/C15H16ClN3O3S2/c1-3-22-12(20)8-23-9(2)13(21)17-15-19-18-14(24-15)10-4-6-11(16)7-5-10/h4-7,9H,3,8H2,1-2H3,(H,17,19,21)/t9-/m0/s1. The summed E-state index contributed by atoms with van der Waals surface area (Å²) in [6.45, 7) is 3.80. The minimum Gasteiger partial charge on any atom is -0.465 e. The molecule has 1 aromatic carbocycles. The number of halogens is 1. The normalized spacial score (nSPS) is 11.8. The predicted molar refractivity (Wildman–Crippen MR) is 97.5 cm³/mol. The van der Waals surface area contributed by atoms with Gasteiger partial charge in [0, 0.05) is 10.6 Å². The van der Waals surface area contributed by atoms with Crippen molar-refractivity contribution in [2.24, 2.45) is 0 Å². The van der Waals surface area contributed by atoms with E-state index in [-0.39, 0.29) is 17.6 Å². The number of hydrogen-bond donors (Lipinski definition) is 1. The number of hydrogen-bond acceptors (Lipinski definition) is 7. The summed E-state index contributed by atoms with van der Waals surface area (Å²) in [4.78, 5) is 23.4. The molecule has 24 heavy (non-hydrogen) atoms. The van der Waals surface area contributed by atoms with Gasteiger partial charge in [-0.05, 0) is 26.0 Å². The van der Waals surface area contributed by atoms with E-state index >= 15 is 0 Å². The molecule has 6 nitrogen and oxygen atoms in total. The lowest BCUT2D eigenvalue weighted by molar-refractivity contribution is -0.139. The van der Waals surface area contributed by atoms with Crippen LogP contribution in [-0.4, -0.2) is 39.7 Å². The lowest BCUT2D eigenvalue weighted by atomic mass is 10.2. The van der Waals surface area contributed by atoms with Crippen LogP contribution in [0, 0.1) is 0 Å². The molecule has 0 bridgehead atoms. The smallest absolute Gasteiger partial charge is 0.315 e. The van der Waals surface area contributed by atoms with Crippen LogP contribution in [0.3, 0.4) is 0 Å². The largest absolute Gasteiger partial charge is 0.465 e. The van der Waals surface area contributed by atoms with E-state index in [1.165, 1.54) is 23.1 Å². The van der Waals surface area contributed by atoms with Gasteiger partial charge in [0.1, 0.15) is 5.01 Å². The third-order valence-electron chi connectivity index (χ3n) is 2.87. The number of esters is 1. The first kappa shape index (κ1) is 18.7. The number of carbonyl (C=O) groups excluding carboxylic acids is 2. The quantitative estimate of drug-likeness (QED) is 0.735. The summed E-state index contributed by atoms with van der Waals surface area (Å²) in [6.07, 6.45) is 0. The van der Waals surface area contributed by atoms with Crippen molar-refractivity contribution >= 4 is 51.7 Å². The molecule has 2 rings (SSSR count). The first-order chi connectivity index (χ1) is 11.5. The van der Waals surface area contributed by atoms with Crippen LogP contribution in [0.1, 0.15) is 13.8 Å². The van der Waals surface area contributed by atoms with Gasteiger partial charge in [-0.25, -0.2) is 0 Å². The van der Waals surface area contributed by atoms with E-state index in [2.05, 4.69) is 15.5 Å². The van der Waals surface area contributed by atoms with Crippen LogP contribution in [0.15, 0.2) is 24.3 Å². The van der Waals surface area contributed by atoms with Crippen molar-refractivity contribution in [3.05, 3.63) is 29.3 Å². The molecule has 0 aliphatic carbocycles. The van der Waals surface area contributed by atoms with Crippen molar-refractivity contribution in [3.63, 3.8) is 0 Å². The molecule has 128 valence electrons. The number of nitrogens with one attached hydrogen (secondary N) is 1. The van der Waals surface area contributed by atoms with Crippen LogP contribution in [0.2, 0.25) is 5.02 Å². The Kier molecular flexibility index (Phi) is 7.01. The van der Waals surface area contributed by atoms with Crippen molar-refractivity contribution < 1.29 is 14.3 Å². The molecule has 1 amide bonds. The van der Waals surface area contributed by atoms with Gasteiger partial charge in [-0.15, -0.1) is 22.0 Å². The van der Waals surface area contributed by atoms with Gasteiger partial charge in [-0.1, -0.05) is 35.1 Å². The zero-order chi connectivity index (χ0) is 17.5. The highest BCUT2D eigenvalue weighted by molar-refractivity contribution is 8.01. The van der Waals surface area contributed by atoms with E-state index < -0.39 is 5.25 Å². The molecular weight excluding hydrogens is 370 g/mol. The van der Waals surface area contributed by atoms with Gasteiger partial charge >= 0.3 is 5.97 Å². The molecule has 1 N–H and O–H groups in total. The zero-order valence-electron chi connectivity index (χ0n) is 13.1. The van der Waals surface area contributed by atoms with Crippen LogP contribution in [0.25, 0.3) is 10.6 Å². The number of rotatable bonds is 7. The third-order valence-corrected chi connectivity index (χ3v) is 5.13. The van der Waals surface area contributed by atoms with Crippen LogP contribution in [0.5, 0.6) is 0 Å². The Morgan fingerprint density at radius 2 is 2.04 bits per heavy atom. The van der Waals surface area contributed by atoms with Gasteiger partial charge in [0.25, 0.3) is 0 Å². The fraction of sp³-hybridized carbons (Fsp3) is 0.333. The van der Waals surface area contributed by atoms with Crippen molar-refractivity contribution in [2.45, 2.75) is 19.1 Å². The average Bonchev–Trinajstić information content (AvgIpc) is 3.02. The second kappa shape index (κ2) is 9.00. The van der Waals surface area contributed by atoms with E-state index in [1.54, 1.807) is 26.0 Å². The maximum atomic E-state index is 12.1. The molecule has 0 saturated carbocycles. The van der Waals surface area contributed by atoms with Crippen LogP contribution in [-0.2, 0) is 14.3 Å². The predicted octanol–water partition coefficient (Wildman–Crippen LogP) is 3.48. The lowest BCUT2D eigenvalue weighted by Gasteiger charge is -2.09. The first-order valence-corrected chi connectivity index (χ1v) is 9.41. The lowest BCUT2D eigenvalue weighted by Crippen LogP contribution is -2.24. The highest BCUT2D eigenvalue weighted by Crippen LogP contribution is 2.27. The average molecular weight is 386 g/mol. The fourth-order valence-corrected chi connectivity index (χ4v) is 3.22. The second-order valence-corrected chi connectivity index (χ2v) is 7.41. The van der Waals surface area contributed by atoms with Crippen LogP contribution >= 0.6 is 34.7 Å². The monoisotopic (exact) mass is 385 g/mol. The third kappa shape index (κ3) is 5.47. The van der Waals surface area contributed by atoms with Gasteiger partial charge in [0.05, 0.1) is 17.6 Å². The van der Waals surface area contributed by atoms with E-state index in [1.807, 2.05) is 12.1 Å². The molecule has 1 atom stereocenters. The summed E-state index contributed by atoms with van der Waals surface area (Å²) in [5.74, 6) is -0.430. The molecule has 0 saturated heterocycles. The maximum Gasteiger partial charge on any atom is 0.315 e. The molecule has 0 spiro atoms. The zero-order valence-corrected chi connectivity index (χ0v) is 15.5. The summed E-state index contributed by atoms with van der Waals surface area (Å²) in [6, 6.07) is 7.22. The number of anilines is 1. The summed E-state index contributed by atoms with van der Waals surface area (Å²) in [5.41, 5.74) is 0.877. The van der Waals surface area contributed by atoms with E-state index in [9.17, 15) is 9.59 Å². The Bertz CT molecular complexity index is 706. The number of aromatic nitrogens is 2. The minimum atomic E-state index is -0.405. The van der Waals surface area contributed by atoms with Crippen molar-refractivity contribution in [1.82, 2.24) is 10.2 Å². The minimum absolute atomic E-state index is 0.134. The number of benzene rings is 1. The molecular formula is C15H16ClN3O3S2. The Labute approximate surface area is 153 Å². The second-order valence-electron chi connectivity index (χ2n) is 4.67. The Balaban J connectivity index is 1.90. The molecule has 0 aliphatic rings. The molecule has 1 aromatic heterocycles. The van der Waals surface area contributed by atoms with Crippen molar-refractivity contribution in [2.75, 3.05) is 17.7 Å². The Morgan fingerprint density at radius 1 is 1.33 bits per heavy atom. The van der Waals surface area contributed by atoms with Crippen molar-refractivity contribution in [3.8, 4) is 10.6 Å². The van der Waals surface area contributed by atoms with Gasteiger partial charge in [-0.3, -0.25) is 14.9 Å². The topological polar surface area (TPSA) is 81.2 Å². The maximum absolute atomic E-state index is 12.1. The molecule has 9 heteroatoms. The van der Waals surface area contributed by atoms with Gasteiger partial charge in [0.15, 0.2) is 0 Å². The highest BCUT2D eigenvalue weighted by atomic mass is 35.5. The van der Waals surface area contributed by atoms with E-state index in [0.717, 1.165) is 5.56 Å². The highest BCUT2D eigenvalue weighted by Gasteiger charge is 2.17. The number of thioether (sulfide) groups is 1. The molecule has 2 aromatic rings. The number of nitrogens with zero attached hydrogens (tertiary/aromatic N) is 2. The Morgan fingerprint density at radius 3 is 2.71 bits per heavy atom. The van der Waals surface area contributed by atoms with Gasteiger partial charge in [0.2, 0.25) is 11.0 Å². The molecule has 0 fully saturated rings. The van der Waals surface area contributed by atoms with E-state index in [4.69, 9.17) is 16.3 Å². The fourth-order valence-electron chi connectivity index (χ4n) is 1.66. The molecule has 0 aliphatic heterocycles. The summed E-state index contributed by atoms with van der Waals surface area (Å²) in [7, 11) is 0. The first-order valence-electron chi connectivity index (χ1n) is 7.17. The summed E-state index contributed by atoms with van der Waals surface area (Å²) >= 11 is 8.34. The SMILES string of the molecule is CCOC(=O)CS[C@@H](C)C(=O)Nc1nnc(-c2ccc(Cl)cc2)s1. The van der Waals surface area contributed by atoms with Crippen molar-refractivity contribution in [1.29, 1.82) is 0 Å². The van der Waals surface area contributed by atoms with Gasteiger partial charge < -0.3 is 4.74 Å². The molecule has 0 unspecified atom stereocenters. The number of carbonyl (C=O) groups is 2. The Hall–Kier alpha value is -1.64. The van der Waals surface area contributed by atoms with E-state index in [0.29, 0.717) is 21.8 Å². The molecule has 1 heterocycles. The number of amides is 1. The summed E-state index contributed by atoms with van der Waals surface area (Å²) in [5, 5.41) is 12.1. The van der Waals surface area contributed by atoms with Crippen LogP contribution in [0.4, 0.5) is 5.13 Å². The summed E-state index contributed by atoms with van der Waals surface area (Å²) < 4.78 is 4.83.